The van der Waals surface area contributed by atoms with Gasteiger partial charge in [-0.2, -0.15) is 13.2 Å². The number of para-hydroxylation sites is 1. The predicted octanol–water partition coefficient (Wildman–Crippen LogP) is 9.77. The molecule has 0 heterocycles. The van der Waals surface area contributed by atoms with E-state index < -0.39 is 36.4 Å². The average Bonchev–Trinajstić information content (AvgIpc) is 3.00. The molecule has 2 rings (SSSR count). The Morgan fingerprint density at radius 2 is 1.30 bits per heavy atom. The lowest BCUT2D eigenvalue weighted by Crippen LogP contribution is -2.25. The molecule has 1 unspecified atom stereocenters. The second-order valence-corrected chi connectivity index (χ2v) is 11.4. The van der Waals surface area contributed by atoms with E-state index in [0.29, 0.717) is 0 Å². The molecule has 246 valence electrons. The topological polar surface area (TPSA) is 84.9 Å². The highest BCUT2D eigenvalue weighted by Gasteiger charge is 2.30. The Labute approximate surface area is 260 Å². The first kappa shape index (κ1) is 37.1. The molecular formula is C35H50F3NO5. The number of ether oxygens (including phenoxy) is 2. The molecule has 0 aromatic heterocycles. The third-order valence-electron chi connectivity index (χ3n) is 7.44. The molecule has 0 aliphatic heterocycles. The number of unbranched alkanes of at least 4 members (excludes halogenated alkanes) is 14. The zero-order chi connectivity index (χ0) is 32.0. The van der Waals surface area contributed by atoms with Crippen LogP contribution in [0, 0.1) is 0 Å². The highest BCUT2D eigenvalue weighted by Crippen LogP contribution is 2.32. The van der Waals surface area contributed by atoms with E-state index in [1.54, 1.807) is 12.1 Å². The molecule has 0 amide bonds. The number of halogens is 3. The first-order valence-electron chi connectivity index (χ1n) is 16.2. The maximum atomic E-state index is 13.0. The van der Waals surface area contributed by atoms with Crippen molar-refractivity contribution in [1.29, 1.82) is 0 Å². The summed E-state index contributed by atoms with van der Waals surface area (Å²) in [5.74, 6) is -1.18. The number of hydrogen-bond acceptors (Lipinski definition) is 6. The summed E-state index contributed by atoms with van der Waals surface area (Å²) in [6.07, 6.45) is 13.2. The van der Waals surface area contributed by atoms with Crippen LogP contribution in [-0.4, -0.2) is 36.4 Å². The number of carbonyl (C=O) groups excluding carboxylic acids is 2. The van der Waals surface area contributed by atoms with Crippen molar-refractivity contribution in [3.63, 3.8) is 0 Å². The molecule has 1 atom stereocenters. The Morgan fingerprint density at radius 1 is 0.750 bits per heavy atom. The molecule has 2 aromatic carbocycles. The van der Waals surface area contributed by atoms with Gasteiger partial charge in [0.15, 0.2) is 0 Å². The molecule has 0 bridgehead atoms. The van der Waals surface area contributed by atoms with Gasteiger partial charge in [-0.15, -0.1) is 0 Å². The molecule has 0 fully saturated rings. The SMILES string of the molecule is CCCCCCCCCCCCCCCCCC(=O)OCC(O)COC(=O)c1ccccc1Nc1cccc(C(F)(F)F)c1. The minimum absolute atomic E-state index is 0.0854. The van der Waals surface area contributed by atoms with Crippen LogP contribution in [0.5, 0.6) is 0 Å². The van der Waals surface area contributed by atoms with Gasteiger partial charge in [0, 0.05) is 12.1 Å². The first-order chi connectivity index (χ1) is 21.2. The van der Waals surface area contributed by atoms with Crippen molar-refractivity contribution in [3.8, 4) is 0 Å². The van der Waals surface area contributed by atoms with Gasteiger partial charge in [0.25, 0.3) is 0 Å². The van der Waals surface area contributed by atoms with Crippen molar-refractivity contribution >= 4 is 23.3 Å². The Balaban J connectivity index is 1.55. The van der Waals surface area contributed by atoms with Crippen molar-refractivity contribution in [2.75, 3.05) is 18.5 Å². The van der Waals surface area contributed by atoms with Gasteiger partial charge in [-0.1, -0.05) is 115 Å². The maximum absolute atomic E-state index is 13.0. The van der Waals surface area contributed by atoms with Gasteiger partial charge in [0.1, 0.15) is 19.3 Å². The minimum Gasteiger partial charge on any atom is -0.463 e. The van der Waals surface area contributed by atoms with E-state index in [1.807, 2.05) is 0 Å². The number of carbonyl (C=O) groups is 2. The number of esters is 2. The van der Waals surface area contributed by atoms with Crippen molar-refractivity contribution in [2.45, 2.75) is 122 Å². The van der Waals surface area contributed by atoms with Gasteiger partial charge < -0.3 is 19.9 Å². The fraction of sp³-hybridized carbons (Fsp3) is 0.600. The molecule has 6 nitrogen and oxygen atoms in total. The lowest BCUT2D eigenvalue weighted by Gasteiger charge is -2.15. The highest BCUT2D eigenvalue weighted by molar-refractivity contribution is 5.96. The molecule has 2 aromatic rings. The number of benzene rings is 2. The highest BCUT2D eigenvalue weighted by atomic mass is 19.4. The fourth-order valence-corrected chi connectivity index (χ4v) is 4.90. The molecule has 0 saturated carbocycles. The monoisotopic (exact) mass is 621 g/mol. The van der Waals surface area contributed by atoms with E-state index in [4.69, 9.17) is 9.47 Å². The Hall–Kier alpha value is -3.07. The van der Waals surface area contributed by atoms with Crippen LogP contribution in [0.2, 0.25) is 0 Å². The van der Waals surface area contributed by atoms with Crippen LogP contribution >= 0.6 is 0 Å². The third-order valence-corrected chi connectivity index (χ3v) is 7.44. The summed E-state index contributed by atoms with van der Waals surface area (Å²) in [5, 5.41) is 12.9. The average molecular weight is 622 g/mol. The van der Waals surface area contributed by atoms with Crippen molar-refractivity contribution < 1.29 is 37.3 Å². The largest absolute Gasteiger partial charge is 0.463 e. The number of nitrogens with one attached hydrogen (secondary N) is 1. The van der Waals surface area contributed by atoms with Crippen LogP contribution in [0.1, 0.15) is 126 Å². The van der Waals surface area contributed by atoms with Crippen LogP contribution in [-0.2, 0) is 20.4 Å². The number of alkyl halides is 3. The van der Waals surface area contributed by atoms with E-state index in [2.05, 4.69) is 12.2 Å². The van der Waals surface area contributed by atoms with E-state index in [0.717, 1.165) is 31.4 Å². The van der Waals surface area contributed by atoms with E-state index in [9.17, 15) is 27.9 Å². The lowest BCUT2D eigenvalue weighted by molar-refractivity contribution is -0.147. The summed E-state index contributed by atoms with van der Waals surface area (Å²) in [6.45, 7) is 1.55. The van der Waals surface area contributed by atoms with Gasteiger partial charge in [0.2, 0.25) is 0 Å². The molecular weight excluding hydrogens is 571 g/mol. The number of anilines is 2. The second kappa shape index (κ2) is 21.6. The predicted molar refractivity (Wildman–Crippen MR) is 168 cm³/mol. The van der Waals surface area contributed by atoms with Crippen molar-refractivity contribution in [3.05, 3.63) is 59.7 Å². The summed E-state index contributed by atoms with van der Waals surface area (Å²) in [7, 11) is 0. The Kier molecular flexibility index (Phi) is 18.2. The van der Waals surface area contributed by atoms with Crippen LogP contribution in [0.25, 0.3) is 0 Å². The van der Waals surface area contributed by atoms with E-state index >= 15 is 0 Å². The smallest absolute Gasteiger partial charge is 0.416 e. The Bertz CT molecular complexity index is 1090. The molecule has 0 spiro atoms. The van der Waals surface area contributed by atoms with E-state index in [1.165, 1.54) is 101 Å². The Morgan fingerprint density at radius 3 is 1.89 bits per heavy atom. The molecule has 2 N–H and O–H groups in total. The zero-order valence-corrected chi connectivity index (χ0v) is 26.1. The normalized spacial score (nSPS) is 12.1. The summed E-state index contributed by atoms with van der Waals surface area (Å²) < 4.78 is 49.4. The van der Waals surface area contributed by atoms with Crippen molar-refractivity contribution in [2.24, 2.45) is 0 Å². The number of hydrogen-bond donors (Lipinski definition) is 2. The number of rotatable bonds is 23. The van der Waals surface area contributed by atoms with Gasteiger partial charge in [-0.3, -0.25) is 4.79 Å². The quantitative estimate of drug-likeness (QED) is 0.0949. The van der Waals surface area contributed by atoms with Gasteiger partial charge in [-0.05, 0) is 36.8 Å². The zero-order valence-electron chi connectivity index (χ0n) is 26.1. The number of aliphatic hydroxyl groups excluding tert-OH is 1. The maximum Gasteiger partial charge on any atom is 0.416 e. The van der Waals surface area contributed by atoms with Crippen molar-refractivity contribution in [1.82, 2.24) is 0 Å². The molecule has 44 heavy (non-hydrogen) atoms. The van der Waals surface area contributed by atoms with E-state index in [-0.39, 0.29) is 30.0 Å². The van der Waals surface area contributed by atoms with Crippen LogP contribution < -0.4 is 5.32 Å². The van der Waals surface area contributed by atoms with Gasteiger partial charge in [0.05, 0.1) is 16.8 Å². The van der Waals surface area contributed by atoms with Crippen LogP contribution in [0.15, 0.2) is 48.5 Å². The minimum atomic E-state index is -4.50. The second-order valence-electron chi connectivity index (χ2n) is 11.4. The van der Waals surface area contributed by atoms with Crippen LogP contribution in [0.4, 0.5) is 24.5 Å². The fourth-order valence-electron chi connectivity index (χ4n) is 4.90. The standard InChI is InChI=1S/C35H50F3NO5/c1-2-3-4-5-6-7-8-9-10-11-12-13-14-15-16-24-33(41)43-26-30(40)27-44-34(42)31-22-17-18-23-32(31)39-29-21-19-20-28(25-29)35(36,37)38/h17-23,25,30,39-40H,2-16,24,26-27H2,1H3. The molecule has 0 aliphatic carbocycles. The third kappa shape index (κ3) is 16.1. The molecule has 0 aliphatic rings. The van der Waals surface area contributed by atoms with Gasteiger partial charge >= 0.3 is 18.1 Å². The van der Waals surface area contributed by atoms with Gasteiger partial charge in [-0.25, -0.2) is 4.79 Å². The molecule has 0 radical (unpaired) electrons. The molecule has 0 saturated heterocycles. The lowest BCUT2D eigenvalue weighted by atomic mass is 10.0. The summed E-state index contributed by atoms with van der Waals surface area (Å²) in [6, 6.07) is 10.8. The molecule has 9 heteroatoms. The first-order valence-corrected chi connectivity index (χ1v) is 16.2. The number of aliphatic hydroxyl groups is 1. The van der Waals surface area contributed by atoms with Crippen LogP contribution in [0.3, 0.4) is 0 Å². The summed E-state index contributed by atoms with van der Waals surface area (Å²) in [4.78, 5) is 24.7. The summed E-state index contributed by atoms with van der Waals surface area (Å²) >= 11 is 0. The summed E-state index contributed by atoms with van der Waals surface area (Å²) in [5.41, 5.74) is -0.329.